The van der Waals surface area contributed by atoms with Crippen molar-refractivity contribution in [2.75, 3.05) is 13.1 Å². The zero-order chi connectivity index (χ0) is 13.0. The molecule has 0 aromatic heterocycles. The summed E-state index contributed by atoms with van der Waals surface area (Å²) < 4.78 is 0. The van der Waals surface area contributed by atoms with E-state index >= 15 is 0 Å². The van der Waals surface area contributed by atoms with Crippen molar-refractivity contribution in [2.24, 2.45) is 11.7 Å². The number of nitriles is 1. The van der Waals surface area contributed by atoms with Crippen LogP contribution in [-0.4, -0.2) is 24.0 Å². The quantitative estimate of drug-likeness (QED) is 0.884. The molecule has 0 spiro atoms. The topological polar surface area (TPSA) is 53.0 Å². The van der Waals surface area contributed by atoms with Crippen LogP contribution < -0.4 is 5.73 Å². The minimum Gasteiger partial charge on any atom is -0.329 e. The lowest BCUT2D eigenvalue weighted by Crippen LogP contribution is -2.47. The third-order valence-electron chi connectivity index (χ3n) is 3.91. The molecule has 2 unspecified atom stereocenters. The fourth-order valence-corrected chi connectivity index (χ4v) is 2.89. The van der Waals surface area contributed by atoms with Gasteiger partial charge in [0.2, 0.25) is 0 Å². The maximum atomic E-state index is 8.92. The first-order valence-corrected chi connectivity index (χ1v) is 6.67. The van der Waals surface area contributed by atoms with Gasteiger partial charge in [0.15, 0.2) is 0 Å². The van der Waals surface area contributed by atoms with Crippen LogP contribution in [0.4, 0.5) is 0 Å². The van der Waals surface area contributed by atoms with E-state index in [1.54, 1.807) is 0 Å². The summed E-state index contributed by atoms with van der Waals surface area (Å²) in [6, 6.07) is 10.5. The van der Waals surface area contributed by atoms with Crippen LogP contribution in [0.1, 0.15) is 30.9 Å². The third-order valence-corrected chi connectivity index (χ3v) is 3.91. The number of nitrogens with zero attached hydrogens (tertiary/aromatic N) is 2. The molecule has 1 aliphatic rings. The molecule has 1 aliphatic heterocycles. The van der Waals surface area contributed by atoms with E-state index in [1.165, 1.54) is 18.4 Å². The number of rotatable bonds is 3. The summed E-state index contributed by atoms with van der Waals surface area (Å²) in [4.78, 5) is 2.46. The number of piperidine rings is 1. The summed E-state index contributed by atoms with van der Waals surface area (Å²) in [5.41, 5.74) is 7.85. The maximum absolute atomic E-state index is 8.92. The molecule has 0 radical (unpaired) electrons. The number of likely N-dealkylation sites (tertiary alicyclic amines) is 1. The molecule has 0 saturated carbocycles. The SMILES string of the molecule is CC1CCCN(Cc2cccc(C#N)c2)C1CN. The van der Waals surface area contributed by atoms with Gasteiger partial charge in [0.25, 0.3) is 0 Å². The monoisotopic (exact) mass is 243 g/mol. The van der Waals surface area contributed by atoms with E-state index in [4.69, 9.17) is 11.0 Å². The third kappa shape index (κ3) is 2.90. The fraction of sp³-hybridized carbons (Fsp3) is 0.533. The zero-order valence-electron chi connectivity index (χ0n) is 11.0. The van der Waals surface area contributed by atoms with Gasteiger partial charge in [-0.2, -0.15) is 5.26 Å². The van der Waals surface area contributed by atoms with Crippen LogP contribution in [0, 0.1) is 17.2 Å². The molecule has 1 aromatic carbocycles. The van der Waals surface area contributed by atoms with Crippen LogP contribution in [0.25, 0.3) is 0 Å². The van der Waals surface area contributed by atoms with Crippen LogP contribution >= 0.6 is 0 Å². The van der Waals surface area contributed by atoms with E-state index in [1.807, 2.05) is 18.2 Å². The minimum atomic E-state index is 0.476. The minimum absolute atomic E-state index is 0.476. The second-order valence-corrected chi connectivity index (χ2v) is 5.21. The first-order chi connectivity index (χ1) is 8.74. The van der Waals surface area contributed by atoms with Crippen LogP contribution in [0.2, 0.25) is 0 Å². The van der Waals surface area contributed by atoms with Gasteiger partial charge in [-0.3, -0.25) is 4.90 Å². The average molecular weight is 243 g/mol. The Kier molecular flexibility index (Phi) is 4.35. The predicted molar refractivity (Wildman–Crippen MR) is 72.8 cm³/mol. The molecular weight excluding hydrogens is 222 g/mol. The predicted octanol–water partition coefficient (Wildman–Crippen LogP) is 2.12. The van der Waals surface area contributed by atoms with Gasteiger partial charge in [0, 0.05) is 19.1 Å². The number of hydrogen-bond donors (Lipinski definition) is 1. The summed E-state index contributed by atoms with van der Waals surface area (Å²) >= 11 is 0. The van der Waals surface area contributed by atoms with Crippen molar-refractivity contribution >= 4 is 0 Å². The molecule has 1 saturated heterocycles. The van der Waals surface area contributed by atoms with Gasteiger partial charge in [-0.15, -0.1) is 0 Å². The Balaban J connectivity index is 2.09. The first kappa shape index (κ1) is 13.1. The van der Waals surface area contributed by atoms with Gasteiger partial charge >= 0.3 is 0 Å². The molecule has 1 aromatic rings. The van der Waals surface area contributed by atoms with E-state index in [9.17, 15) is 0 Å². The molecule has 0 bridgehead atoms. The lowest BCUT2D eigenvalue weighted by atomic mass is 9.90. The van der Waals surface area contributed by atoms with Crippen LogP contribution in [0.15, 0.2) is 24.3 Å². The molecule has 2 atom stereocenters. The molecule has 1 heterocycles. The Bertz CT molecular complexity index is 436. The number of benzene rings is 1. The van der Waals surface area contributed by atoms with Crippen molar-refractivity contribution in [3.63, 3.8) is 0 Å². The maximum Gasteiger partial charge on any atom is 0.0991 e. The van der Waals surface area contributed by atoms with Gasteiger partial charge in [-0.25, -0.2) is 0 Å². The van der Waals surface area contributed by atoms with Crippen molar-refractivity contribution in [3.05, 3.63) is 35.4 Å². The largest absolute Gasteiger partial charge is 0.329 e. The van der Waals surface area contributed by atoms with E-state index < -0.39 is 0 Å². The Morgan fingerprint density at radius 1 is 1.50 bits per heavy atom. The van der Waals surface area contributed by atoms with Crippen LogP contribution in [0.3, 0.4) is 0 Å². The highest BCUT2D eigenvalue weighted by Gasteiger charge is 2.27. The van der Waals surface area contributed by atoms with Crippen molar-refractivity contribution in [1.29, 1.82) is 5.26 Å². The van der Waals surface area contributed by atoms with Crippen LogP contribution in [-0.2, 0) is 6.54 Å². The molecule has 18 heavy (non-hydrogen) atoms. The first-order valence-electron chi connectivity index (χ1n) is 6.67. The molecule has 2 N–H and O–H groups in total. The molecule has 3 nitrogen and oxygen atoms in total. The van der Waals surface area contributed by atoms with Crippen molar-refractivity contribution in [2.45, 2.75) is 32.4 Å². The molecule has 2 rings (SSSR count). The molecule has 1 fully saturated rings. The van der Waals surface area contributed by atoms with Crippen molar-refractivity contribution < 1.29 is 0 Å². The van der Waals surface area contributed by atoms with E-state index in [0.29, 0.717) is 12.0 Å². The molecule has 0 amide bonds. The van der Waals surface area contributed by atoms with Gasteiger partial charge < -0.3 is 5.73 Å². The van der Waals surface area contributed by atoms with Crippen molar-refractivity contribution in [1.82, 2.24) is 4.90 Å². The summed E-state index contributed by atoms with van der Waals surface area (Å²) in [7, 11) is 0. The Morgan fingerprint density at radius 3 is 3.06 bits per heavy atom. The smallest absolute Gasteiger partial charge is 0.0991 e. The average Bonchev–Trinajstić information content (AvgIpc) is 2.39. The highest BCUT2D eigenvalue weighted by Crippen LogP contribution is 2.24. The van der Waals surface area contributed by atoms with Crippen LogP contribution in [0.5, 0.6) is 0 Å². The molecular formula is C15H21N3. The lowest BCUT2D eigenvalue weighted by molar-refractivity contribution is 0.0991. The highest BCUT2D eigenvalue weighted by molar-refractivity contribution is 5.32. The Hall–Kier alpha value is -1.37. The summed E-state index contributed by atoms with van der Waals surface area (Å²) in [6.07, 6.45) is 2.52. The zero-order valence-corrected chi connectivity index (χ0v) is 11.0. The second-order valence-electron chi connectivity index (χ2n) is 5.21. The summed E-state index contributed by atoms with van der Waals surface area (Å²) in [5, 5.41) is 8.92. The van der Waals surface area contributed by atoms with Gasteiger partial charge in [-0.05, 0) is 43.0 Å². The van der Waals surface area contributed by atoms with E-state index in [-0.39, 0.29) is 0 Å². The highest BCUT2D eigenvalue weighted by atomic mass is 15.2. The van der Waals surface area contributed by atoms with Crippen molar-refractivity contribution in [3.8, 4) is 6.07 Å². The van der Waals surface area contributed by atoms with Gasteiger partial charge in [0.1, 0.15) is 0 Å². The number of hydrogen-bond acceptors (Lipinski definition) is 3. The summed E-state index contributed by atoms with van der Waals surface area (Å²) in [6.45, 7) is 5.03. The Morgan fingerprint density at radius 2 is 2.33 bits per heavy atom. The molecule has 96 valence electrons. The Labute approximate surface area is 109 Å². The van der Waals surface area contributed by atoms with Gasteiger partial charge in [0.05, 0.1) is 11.6 Å². The second kappa shape index (κ2) is 5.99. The van der Waals surface area contributed by atoms with Gasteiger partial charge in [-0.1, -0.05) is 19.1 Å². The fourth-order valence-electron chi connectivity index (χ4n) is 2.89. The normalized spacial score (nSPS) is 24.7. The van der Waals surface area contributed by atoms with E-state index in [2.05, 4.69) is 24.0 Å². The molecule has 3 heteroatoms. The number of nitrogens with two attached hydrogens (primary N) is 1. The van der Waals surface area contributed by atoms with E-state index in [0.717, 1.165) is 25.2 Å². The summed E-state index contributed by atoms with van der Waals surface area (Å²) in [5.74, 6) is 0.669. The molecule has 0 aliphatic carbocycles. The lowest BCUT2D eigenvalue weighted by Gasteiger charge is -2.39. The standard InChI is InChI=1S/C15H21N3/c1-12-4-3-7-18(15(12)10-17)11-14-6-2-5-13(8-14)9-16/h2,5-6,8,12,15H,3-4,7,10-11,17H2,1H3.